The number of rotatable bonds is 7. The largest absolute Gasteiger partial charge is 0.495 e. The van der Waals surface area contributed by atoms with Crippen molar-refractivity contribution in [2.45, 2.75) is 32.7 Å². The zero-order chi connectivity index (χ0) is 28.0. The average Bonchev–Trinajstić information content (AvgIpc) is 3.58. The molecule has 10 heteroatoms. The number of aromatic carboxylic acids is 1. The molecule has 6 rings (SSSR count). The third kappa shape index (κ3) is 4.47. The van der Waals surface area contributed by atoms with E-state index >= 15 is 0 Å². The summed E-state index contributed by atoms with van der Waals surface area (Å²) in [6.07, 6.45) is 7.42. The molecule has 5 aromatic rings. The minimum Gasteiger partial charge on any atom is -0.495 e. The molecular formula is C30H29N7O3. The lowest BCUT2D eigenvalue weighted by Crippen LogP contribution is -2.09. The number of aromatic nitrogens is 6. The Morgan fingerprint density at radius 2 is 1.82 bits per heavy atom. The highest BCUT2D eigenvalue weighted by Gasteiger charge is 2.27. The van der Waals surface area contributed by atoms with E-state index in [0.717, 1.165) is 57.7 Å². The van der Waals surface area contributed by atoms with E-state index in [1.807, 2.05) is 28.8 Å². The molecule has 40 heavy (non-hydrogen) atoms. The van der Waals surface area contributed by atoms with E-state index < -0.39 is 5.97 Å². The van der Waals surface area contributed by atoms with Gasteiger partial charge in [0.1, 0.15) is 5.75 Å². The molecule has 0 radical (unpaired) electrons. The molecule has 10 nitrogen and oxygen atoms in total. The predicted molar refractivity (Wildman–Crippen MR) is 152 cm³/mol. The van der Waals surface area contributed by atoms with Crippen molar-refractivity contribution in [3.63, 3.8) is 0 Å². The summed E-state index contributed by atoms with van der Waals surface area (Å²) in [6, 6.07) is 13.4. The minimum absolute atomic E-state index is 0.137. The number of nitrogens with zero attached hydrogens (tertiary/aromatic N) is 6. The number of carbonyl (C=O) groups is 1. The van der Waals surface area contributed by atoms with E-state index in [-0.39, 0.29) is 5.56 Å². The maximum absolute atomic E-state index is 11.4. The summed E-state index contributed by atoms with van der Waals surface area (Å²) in [4.78, 5) is 20.8. The fraction of sp³-hybridized carbons (Fsp3) is 0.233. The van der Waals surface area contributed by atoms with Crippen LogP contribution in [0.15, 0.2) is 61.1 Å². The summed E-state index contributed by atoms with van der Waals surface area (Å²) < 4.78 is 9.29. The first kappa shape index (κ1) is 25.3. The van der Waals surface area contributed by atoms with E-state index in [0.29, 0.717) is 23.4 Å². The highest BCUT2D eigenvalue weighted by molar-refractivity contribution is 5.89. The van der Waals surface area contributed by atoms with Gasteiger partial charge in [0.25, 0.3) is 0 Å². The first-order chi connectivity index (χ1) is 19.3. The molecule has 2 N–H and O–H groups in total. The third-order valence-corrected chi connectivity index (χ3v) is 7.17. The Labute approximate surface area is 231 Å². The standard InChI is InChI=1S/C30H29N7O3/c1-17(2)37-16-22(15-32-37)18-5-7-19(8-6-18)28-26-24(35-36(28)3)12-10-21-14-31-30(34-27(21)26)33-23-11-9-20(29(38)39)13-25(23)40-4/h5-9,11,13-17H,10,12H2,1-4H3,(H,38,39)(H,31,33,34). The normalized spacial score (nSPS) is 12.2. The molecule has 3 heterocycles. The molecule has 0 saturated heterocycles. The van der Waals surface area contributed by atoms with Crippen molar-refractivity contribution in [3.8, 4) is 39.4 Å². The number of hydrogen-bond donors (Lipinski definition) is 2. The van der Waals surface area contributed by atoms with Crippen LogP contribution < -0.4 is 10.1 Å². The number of benzene rings is 2. The molecule has 0 fully saturated rings. The second-order valence-electron chi connectivity index (χ2n) is 10.1. The summed E-state index contributed by atoms with van der Waals surface area (Å²) in [5, 5.41) is 21.8. The first-order valence-corrected chi connectivity index (χ1v) is 13.1. The summed E-state index contributed by atoms with van der Waals surface area (Å²) in [5.74, 6) is -0.242. The van der Waals surface area contributed by atoms with Gasteiger partial charge in [-0.15, -0.1) is 0 Å². The Hall–Kier alpha value is -4.99. The number of hydrogen-bond acceptors (Lipinski definition) is 7. The fourth-order valence-electron chi connectivity index (χ4n) is 5.09. The monoisotopic (exact) mass is 535 g/mol. The molecule has 0 amide bonds. The smallest absolute Gasteiger partial charge is 0.335 e. The van der Waals surface area contributed by atoms with Gasteiger partial charge < -0.3 is 15.2 Å². The molecule has 0 saturated carbocycles. The van der Waals surface area contributed by atoms with Crippen molar-refractivity contribution in [3.05, 3.63) is 77.9 Å². The van der Waals surface area contributed by atoms with Crippen LogP contribution in [0.5, 0.6) is 5.75 Å². The molecule has 0 unspecified atom stereocenters. The van der Waals surface area contributed by atoms with Gasteiger partial charge in [-0.3, -0.25) is 9.36 Å². The van der Waals surface area contributed by atoms with Crippen LogP contribution in [0.4, 0.5) is 11.6 Å². The quantitative estimate of drug-likeness (QED) is 0.279. The second-order valence-corrected chi connectivity index (χ2v) is 10.1. The van der Waals surface area contributed by atoms with Gasteiger partial charge in [-0.25, -0.2) is 14.8 Å². The van der Waals surface area contributed by atoms with Crippen LogP contribution >= 0.6 is 0 Å². The van der Waals surface area contributed by atoms with Gasteiger partial charge >= 0.3 is 5.97 Å². The van der Waals surface area contributed by atoms with Crippen LogP contribution in [0.3, 0.4) is 0 Å². The number of methoxy groups -OCH3 is 1. The second kappa shape index (κ2) is 9.96. The molecule has 0 bridgehead atoms. The number of ether oxygens (including phenoxy) is 1. The Morgan fingerprint density at radius 3 is 2.52 bits per heavy atom. The molecule has 3 aromatic heterocycles. The number of anilines is 2. The molecule has 1 aliphatic rings. The zero-order valence-corrected chi connectivity index (χ0v) is 22.7. The van der Waals surface area contributed by atoms with Gasteiger partial charge in [0.2, 0.25) is 5.95 Å². The van der Waals surface area contributed by atoms with E-state index in [1.54, 1.807) is 6.07 Å². The number of fused-ring (bicyclic) bond motifs is 3. The Bertz CT molecular complexity index is 1740. The maximum Gasteiger partial charge on any atom is 0.335 e. The maximum atomic E-state index is 11.4. The zero-order valence-electron chi connectivity index (χ0n) is 22.7. The van der Waals surface area contributed by atoms with Crippen molar-refractivity contribution in [2.24, 2.45) is 7.05 Å². The van der Waals surface area contributed by atoms with Crippen molar-refractivity contribution in [1.29, 1.82) is 0 Å². The molecule has 0 aliphatic heterocycles. The number of aryl methyl sites for hydroxylation is 3. The Kier molecular flexibility index (Phi) is 6.30. The Balaban J connectivity index is 1.36. The molecule has 0 spiro atoms. The first-order valence-electron chi connectivity index (χ1n) is 13.1. The molecule has 2 aromatic carbocycles. The fourth-order valence-corrected chi connectivity index (χ4v) is 5.09. The van der Waals surface area contributed by atoms with Gasteiger partial charge in [0.15, 0.2) is 0 Å². The number of carboxylic acids is 1. The van der Waals surface area contributed by atoms with Gasteiger partial charge in [0, 0.05) is 42.2 Å². The topological polar surface area (TPSA) is 120 Å². The lowest BCUT2D eigenvalue weighted by Gasteiger charge is -2.17. The van der Waals surface area contributed by atoms with E-state index in [1.165, 1.54) is 19.2 Å². The summed E-state index contributed by atoms with van der Waals surface area (Å²) in [5.41, 5.74) is 8.82. The predicted octanol–water partition coefficient (Wildman–Crippen LogP) is 5.54. The minimum atomic E-state index is -1.02. The van der Waals surface area contributed by atoms with Crippen LogP contribution in [0.1, 0.15) is 41.5 Å². The van der Waals surface area contributed by atoms with Gasteiger partial charge in [-0.05, 0) is 56.0 Å². The molecular weight excluding hydrogens is 506 g/mol. The van der Waals surface area contributed by atoms with Crippen LogP contribution in [-0.4, -0.2) is 47.7 Å². The molecule has 202 valence electrons. The average molecular weight is 536 g/mol. The number of nitrogens with one attached hydrogen (secondary N) is 1. The molecule has 0 atom stereocenters. The van der Waals surface area contributed by atoms with Crippen LogP contribution in [0.25, 0.3) is 33.6 Å². The number of carboxylic acid groups (broad SMARTS) is 1. The van der Waals surface area contributed by atoms with Crippen molar-refractivity contribution < 1.29 is 14.6 Å². The lowest BCUT2D eigenvalue weighted by molar-refractivity contribution is 0.0696. The van der Waals surface area contributed by atoms with Crippen molar-refractivity contribution in [1.82, 2.24) is 29.5 Å². The van der Waals surface area contributed by atoms with E-state index in [4.69, 9.17) is 14.8 Å². The summed E-state index contributed by atoms with van der Waals surface area (Å²) in [6.45, 7) is 4.22. The van der Waals surface area contributed by atoms with Crippen LogP contribution in [0.2, 0.25) is 0 Å². The Morgan fingerprint density at radius 1 is 1.05 bits per heavy atom. The van der Waals surface area contributed by atoms with Crippen LogP contribution in [0, 0.1) is 0 Å². The third-order valence-electron chi connectivity index (χ3n) is 7.17. The van der Waals surface area contributed by atoms with Gasteiger partial charge in [-0.1, -0.05) is 24.3 Å². The highest BCUT2D eigenvalue weighted by atomic mass is 16.5. The van der Waals surface area contributed by atoms with Gasteiger partial charge in [-0.2, -0.15) is 10.2 Å². The summed E-state index contributed by atoms with van der Waals surface area (Å²) in [7, 11) is 3.46. The summed E-state index contributed by atoms with van der Waals surface area (Å²) >= 11 is 0. The van der Waals surface area contributed by atoms with E-state index in [9.17, 15) is 9.90 Å². The van der Waals surface area contributed by atoms with E-state index in [2.05, 4.69) is 59.7 Å². The van der Waals surface area contributed by atoms with Gasteiger partial charge in [0.05, 0.1) is 41.6 Å². The van der Waals surface area contributed by atoms with Crippen LogP contribution in [-0.2, 0) is 19.9 Å². The lowest BCUT2D eigenvalue weighted by atomic mass is 9.91. The van der Waals surface area contributed by atoms with Crippen molar-refractivity contribution in [2.75, 3.05) is 12.4 Å². The SMILES string of the molecule is COc1cc(C(=O)O)ccc1Nc1ncc2c(n1)-c1c(nn(C)c1-c1ccc(-c3cnn(C(C)C)c3)cc1)CC2. The van der Waals surface area contributed by atoms with Crippen molar-refractivity contribution >= 4 is 17.6 Å². The highest BCUT2D eigenvalue weighted by Crippen LogP contribution is 2.40. The molecule has 1 aliphatic carbocycles.